The van der Waals surface area contributed by atoms with Gasteiger partial charge in [-0.2, -0.15) is 0 Å². The number of rotatable bonds is 4. The summed E-state index contributed by atoms with van der Waals surface area (Å²) < 4.78 is 0. The van der Waals surface area contributed by atoms with Crippen molar-refractivity contribution in [2.75, 3.05) is 0 Å². The molecule has 0 aromatic rings. The molecule has 0 aromatic heterocycles. The largest absolute Gasteiger partial charge is 0.285 e. The molecule has 12 heavy (non-hydrogen) atoms. The van der Waals surface area contributed by atoms with E-state index in [9.17, 15) is 4.79 Å². The smallest absolute Gasteiger partial charge is 0.208 e. The normalized spacial score (nSPS) is 15.1. The first kappa shape index (κ1) is 9.32. The lowest BCUT2D eigenvalue weighted by molar-refractivity contribution is -0.114. The Morgan fingerprint density at radius 1 is 1.42 bits per heavy atom. The number of Topliss-reactive ketones (excluding diaryl/α,β-unsaturated/α-hetero) is 1. The van der Waals surface area contributed by atoms with Crippen molar-refractivity contribution in [1.29, 1.82) is 0 Å². The van der Waals surface area contributed by atoms with Crippen molar-refractivity contribution in [2.24, 2.45) is 5.92 Å². The van der Waals surface area contributed by atoms with Crippen LogP contribution in [0.25, 0.3) is 0 Å². The first-order valence-corrected chi connectivity index (χ1v) is 4.87. The van der Waals surface area contributed by atoms with Gasteiger partial charge in [0, 0.05) is 12.3 Å². The monoisotopic (exact) mass is 164 g/mol. The molecule has 0 atom stereocenters. The van der Waals surface area contributed by atoms with E-state index in [-0.39, 0.29) is 5.78 Å². The molecule has 1 fully saturated rings. The van der Waals surface area contributed by atoms with Crippen LogP contribution >= 0.6 is 0 Å². The Bertz CT molecular complexity index is 203. The Hall–Kier alpha value is -0.770. The SMILES string of the molecule is CCCCCC#CC(=O)C1CC1. The molecule has 0 spiro atoms. The zero-order chi connectivity index (χ0) is 8.81. The van der Waals surface area contributed by atoms with E-state index in [4.69, 9.17) is 0 Å². The Morgan fingerprint density at radius 3 is 2.75 bits per heavy atom. The quantitative estimate of drug-likeness (QED) is 0.354. The number of unbranched alkanes of at least 4 members (excludes halogenated alkanes) is 3. The van der Waals surface area contributed by atoms with E-state index in [1.54, 1.807) is 0 Å². The van der Waals surface area contributed by atoms with Gasteiger partial charge in [0.2, 0.25) is 5.78 Å². The maximum Gasteiger partial charge on any atom is 0.208 e. The first-order valence-electron chi connectivity index (χ1n) is 4.87. The average molecular weight is 164 g/mol. The van der Waals surface area contributed by atoms with Crippen LogP contribution in [-0.4, -0.2) is 5.78 Å². The average Bonchev–Trinajstić information content (AvgIpc) is 2.86. The van der Waals surface area contributed by atoms with Crippen LogP contribution in [0.2, 0.25) is 0 Å². The summed E-state index contributed by atoms with van der Waals surface area (Å²) in [4.78, 5) is 11.1. The Morgan fingerprint density at radius 2 is 2.17 bits per heavy atom. The molecule has 0 saturated heterocycles. The third kappa shape index (κ3) is 3.57. The summed E-state index contributed by atoms with van der Waals surface area (Å²) in [5.74, 6) is 6.14. The van der Waals surface area contributed by atoms with Crippen LogP contribution in [0.4, 0.5) is 0 Å². The van der Waals surface area contributed by atoms with E-state index in [0.717, 1.165) is 25.7 Å². The Balaban J connectivity index is 2.06. The maximum atomic E-state index is 11.1. The fourth-order valence-electron chi connectivity index (χ4n) is 1.06. The fourth-order valence-corrected chi connectivity index (χ4v) is 1.06. The summed E-state index contributed by atoms with van der Waals surface area (Å²) in [6, 6.07) is 0. The van der Waals surface area contributed by atoms with Crippen LogP contribution in [0.1, 0.15) is 45.4 Å². The van der Waals surface area contributed by atoms with Crippen molar-refractivity contribution in [1.82, 2.24) is 0 Å². The highest BCUT2D eigenvalue weighted by molar-refractivity contribution is 5.98. The first-order chi connectivity index (χ1) is 5.84. The Labute approximate surface area is 74.5 Å². The van der Waals surface area contributed by atoms with E-state index < -0.39 is 0 Å². The van der Waals surface area contributed by atoms with E-state index in [0.29, 0.717) is 5.92 Å². The topological polar surface area (TPSA) is 17.1 Å². The van der Waals surface area contributed by atoms with Crippen LogP contribution in [0, 0.1) is 17.8 Å². The van der Waals surface area contributed by atoms with Crippen LogP contribution < -0.4 is 0 Å². The molecule has 0 unspecified atom stereocenters. The summed E-state index contributed by atoms with van der Waals surface area (Å²) in [5.41, 5.74) is 0. The predicted octanol–water partition coefficient (Wildman–Crippen LogP) is 2.55. The van der Waals surface area contributed by atoms with E-state index in [2.05, 4.69) is 18.8 Å². The van der Waals surface area contributed by atoms with E-state index >= 15 is 0 Å². The standard InChI is InChI=1S/C11H16O/c1-2-3-4-5-6-7-11(12)10-8-9-10/h10H,2-5,8-9H2,1H3. The molecule has 1 nitrogen and oxygen atoms in total. The van der Waals surface area contributed by atoms with Crippen molar-refractivity contribution in [3.05, 3.63) is 0 Å². The highest BCUT2D eigenvalue weighted by Gasteiger charge is 2.27. The van der Waals surface area contributed by atoms with Crippen molar-refractivity contribution < 1.29 is 4.79 Å². The van der Waals surface area contributed by atoms with Gasteiger partial charge in [-0.05, 0) is 25.2 Å². The molecule has 1 rings (SSSR count). The summed E-state index contributed by atoms with van der Waals surface area (Å²) in [5, 5.41) is 0. The van der Waals surface area contributed by atoms with E-state index in [1.165, 1.54) is 12.8 Å². The molecule has 1 heteroatoms. The molecule has 0 amide bonds. The van der Waals surface area contributed by atoms with Gasteiger partial charge < -0.3 is 0 Å². The van der Waals surface area contributed by atoms with Gasteiger partial charge in [0.15, 0.2) is 0 Å². The molecule has 1 saturated carbocycles. The zero-order valence-electron chi connectivity index (χ0n) is 7.73. The lowest BCUT2D eigenvalue weighted by atomic mass is 10.2. The fraction of sp³-hybridized carbons (Fsp3) is 0.727. The second-order valence-corrected chi connectivity index (χ2v) is 3.40. The molecule has 0 bridgehead atoms. The lowest BCUT2D eigenvalue weighted by Crippen LogP contribution is -1.94. The van der Waals surface area contributed by atoms with Crippen LogP contribution in [-0.2, 0) is 4.79 Å². The van der Waals surface area contributed by atoms with Gasteiger partial charge in [0.25, 0.3) is 0 Å². The van der Waals surface area contributed by atoms with Gasteiger partial charge >= 0.3 is 0 Å². The van der Waals surface area contributed by atoms with Gasteiger partial charge in [-0.3, -0.25) is 4.79 Å². The molecule has 0 N–H and O–H groups in total. The molecule has 0 radical (unpaired) electrons. The summed E-state index contributed by atoms with van der Waals surface area (Å²) >= 11 is 0. The molecule has 66 valence electrons. The third-order valence-electron chi connectivity index (χ3n) is 2.07. The van der Waals surface area contributed by atoms with Crippen molar-refractivity contribution >= 4 is 5.78 Å². The number of carbonyl (C=O) groups is 1. The highest BCUT2D eigenvalue weighted by atomic mass is 16.1. The molecular weight excluding hydrogens is 148 g/mol. The zero-order valence-corrected chi connectivity index (χ0v) is 7.73. The van der Waals surface area contributed by atoms with Crippen LogP contribution in [0.5, 0.6) is 0 Å². The van der Waals surface area contributed by atoms with Gasteiger partial charge in [-0.15, -0.1) is 0 Å². The molecular formula is C11H16O. The van der Waals surface area contributed by atoms with Gasteiger partial charge in [0.05, 0.1) is 0 Å². The second-order valence-electron chi connectivity index (χ2n) is 3.40. The summed E-state index contributed by atoms with van der Waals surface area (Å²) in [6.07, 6.45) is 6.63. The van der Waals surface area contributed by atoms with Crippen molar-refractivity contribution in [3.63, 3.8) is 0 Å². The maximum absolute atomic E-state index is 11.1. The Kier molecular flexibility index (Phi) is 3.87. The summed E-state index contributed by atoms with van der Waals surface area (Å²) in [7, 11) is 0. The van der Waals surface area contributed by atoms with Gasteiger partial charge in [-0.25, -0.2) is 0 Å². The molecule has 0 aromatic carbocycles. The highest BCUT2D eigenvalue weighted by Crippen LogP contribution is 2.29. The molecule has 0 aliphatic heterocycles. The number of hydrogen-bond donors (Lipinski definition) is 0. The molecule has 0 heterocycles. The minimum absolute atomic E-state index is 0.173. The minimum atomic E-state index is 0.173. The number of ketones is 1. The van der Waals surface area contributed by atoms with Gasteiger partial charge in [-0.1, -0.05) is 25.7 Å². The molecule has 1 aliphatic rings. The van der Waals surface area contributed by atoms with Crippen LogP contribution in [0.3, 0.4) is 0 Å². The second kappa shape index (κ2) is 4.98. The lowest BCUT2D eigenvalue weighted by Gasteiger charge is -1.88. The van der Waals surface area contributed by atoms with Crippen molar-refractivity contribution in [2.45, 2.75) is 45.4 Å². The minimum Gasteiger partial charge on any atom is -0.285 e. The summed E-state index contributed by atoms with van der Waals surface area (Å²) in [6.45, 7) is 2.17. The van der Waals surface area contributed by atoms with Crippen LogP contribution in [0.15, 0.2) is 0 Å². The van der Waals surface area contributed by atoms with Gasteiger partial charge in [0.1, 0.15) is 0 Å². The third-order valence-corrected chi connectivity index (χ3v) is 2.07. The predicted molar refractivity (Wildman–Crippen MR) is 49.6 cm³/mol. The molecule has 1 aliphatic carbocycles. The van der Waals surface area contributed by atoms with E-state index in [1.807, 2.05) is 0 Å². The number of carbonyl (C=O) groups excluding carboxylic acids is 1. The van der Waals surface area contributed by atoms with Crippen molar-refractivity contribution in [3.8, 4) is 11.8 Å². The number of hydrogen-bond acceptors (Lipinski definition) is 1.